The van der Waals surface area contributed by atoms with Crippen LogP contribution in [0.4, 0.5) is 0 Å². The van der Waals surface area contributed by atoms with Crippen molar-refractivity contribution in [2.75, 3.05) is 32.8 Å². The van der Waals surface area contributed by atoms with Crippen molar-refractivity contribution in [1.29, 1.82) is 0 Å². The molecule has 0 radical (unpaired) electrons. The first-order chi connectivity index (χ1) is 6.88. The van der Waals surface area contributed by atoms with Crippen molar-refractivity contribution in [3.05, 3.63) is 0 Å². The molecule has 1 heterocycles. The standard InChI is InChI=1S/C11H24N2O/c1-2-3-5-11(10-12)13-6-4-8-14-9-7-13/h11H,2-10,12H2,1H3. The summed E-state index contributed by atoms with van der Waals surface area (Å²) in [6.45, 7) is 7.04. The smallest absolute Gasteiger partial charge is 0.0593 e. The normalized spacial score (nSPS) is 21.9. The molecule has 0 aromatic rings. The Morgan fingerprint density at radius 2 is 2.21 bits per heavy atom. The van der Waals surface area contributed by atoms with Gasteiger partial charge in [0.05, 0.1) is 6.61 Å². The first kappa shape index (κ1) is 12.0. The van der Waals surface area contributed by atoms with E-state index in [9.17, 15) is 0 Å². The number of rotatable bonds is 5. The van der Waals surface area contributed by atoms with E-state index in [1.54, 1.807) is 0 Å². The van der Waals surface area contributed by atoms with E-state index in [2.05, 4.69) is 11.8 Å². The van der Waals surface area contributed by atoms with Gasteiger partial charge in [-0.05, 0) is 12.8 Å². The SMILES string of the molecule is CCCCC(CN)N1CCCOCC1. The average Bonchev–Trinajstić information content (AvgIpc) is 2.48. The Labute approximate surface area is 87.6 Å². The predicted octanol–water partition coefficient (Wildman–Crippen LogP) is 1.23. The van der Waals surface area contributed by atoms with Crippen LogP contribution < -0.4 is 5.73 Å². The summed E-state index contributed by atoms with van der Waals surface area (Å²) in [5.74, 6) is 0. The van der Waals surface area contributed by atoms with Crippen molar-refractivity contribution < 1.29 is 4.74 Å². The van der Waals surface area contributed by atoms with Gasteiger partial charge in [0.2, 0.25) is 0 Å². The summed E-state index contributed by atoms with van der Waals surface area (Å²) < 4.78 is 5.44. The van der Waals surface area contributed by atoms with Crippen LogP contribution in [0.25, 0.3) is 0 Å². The third-order valence-corrected chi connectivity index (χ3v) is 2.94. The quantitative estimate of drug-likeness (QED) is 0.725. The van der Waals surface area contributed by atoms with E-state index in [1.807, 2.05) is 0 Å². The fraction of sp³-hybridized carbons (Fsp3) is 1.00. The van der Waals surface area contributed by atoms with Crippen LogP contribution >= 0.6 is 0 Å². The zero-order valence-corrected chi connectivity index (χ0v) is 9.37. The Hall–Kier alpha value is -0.120. The van der Waals surface area contributed by atoms with Crippen molar-refractivity contribution >= 4 is 0 Å². The van der Waals surface area contributed by atoms with E-state index >= 15 is 0 Å². The highest BCUT2D eigenvalue weighted by Gasteiger charge is 2.17. The largest absolute Gasteiger partial charge is 0.380 e. The zero-order chi connectivity index (χ0) is 10.2. The van der Waals surface area contributed by atoms with Gasteiger partial charge in [0.15, 0.2) is 0 Å². The lowest BCUT2D eigenvalue weighted by molar-refractivity contribution is 0.130. The van der Waals surface area contributed by atoms with E-state index in [4.69, 9.17) is 10.5 Å². The maximum absolute atomic E-state index is 5.81. The maximum atomic E-state index is 5.81. The first-order valence-corrected chi connectivity index (χ1v) is 5.90. The van der Waals surface area contributed by atoms with Crippen molar-refractivity contribution in [1.82, 2.24) is 4.90 Å². The minimum atomic E-state index is 0.580. The van der Waals surface area contributed by atoms with Gasteiger partial charge in [-0.2, -0.15) is 0 Å². The molecule has 0 aromatic heterocycles. The Morgan fingerprint density at radius 1 is 1.36 bits per heavy atom. The number of unbranched alkanes of at least 4 members (excludes halogenated alkanes) is 1. The van der Waals surface area contributed by atoms with E-state index in [0.29, 0.717) is 6.04 Å². The van der Waals surface area contributed by atoms with Crippen LogP contribution in [0.15, 0.2) is 0 Å². The molecule has 0 bridgehead atoms. The Bertz CT molecular complexity index is 133. The van der Waals surface area contributed by atoms with Gasteiger partial charge in [0.1, 0.15) is 0 Å². The summed E-state index contributed by atoms with van der Waals surface area (Å²) in [7, 11) is 0. The highest BCUT2D eigenvalue weighted by molar-refractivity contribution is 4.73. The summed E-state index contributed by atoms with van der Waals surface area (Å²) in [6.07, 6.45) is 4.95. The van der Waals surface area contributed by atoms with Gasteiger partial charge in [-0.3, -0.25) is 4.90 Å². The Kier molecular flexibility index (Phi) is 6.15. The zero-order valence-electron chi connectivity index (χ0n) is 9.37. The number of nitrogens with two attached hydrogens (primary N) is 1. The molecular weight excluding hydrogens is 176 g/mol. The predicted molar refractivity (Wildman–Crippen MR) is 59.4 cm³/mol. The molecule has 3 nitrogen and oxygen atoms in total. The van der Waals surface area contributed by atoms with Gasteiger partial charge < -0.3 is 10.5 Å². The van der Waals surface area contributed by atoms with Gasteiger partial charge in [0, 0.05) is 32.3 Å². The second-order valence-electron chi connectivity index (χ2n) is 4.03. The highest BCUT2D eigenvalue weighted by Crippen LogP contribution is 2.10. The van der Waals surface area contributed by atoms with Gasteiger partial charge in [-0.1, -0.05) is 19.8 Å². The molecule has 0 amide bonds. The molecule has 14 heavy (non-hydrogen) atoms. The summed E-state index contributed by atoms with van der Waals surface area (Å²) in [5.41, 5.74) is 5.81. The summed E-state index contributed by atoms with van der Waals surface area (Å²) in [5, 5.41) is 0. The number of nitrogens with zero attached hydrogens (tertiary/aromatic N) is 1. The molecule has 1 atom stereocenters. The van der Waals surface area contributed by atoms with Crippen LogP contribution in [0, 0.1) is 0 Å². The molecule has 1 aliphatic heterocycles. The Morgan fingerprint density at radius 3 is 2.93 bits per heavy atom. The van der Waals surface area contributed by atoms with Crippen LogP contribution in [-0.2, 0) is 4.74 Å². The Balaban J connectivity index is 2.32. The van der Waals surface area contributed by atoms with E-state index < -0.39 is 0 Å². The number of hydrogen-bond acceptors (Lipinski definition) is 3. The third-order valence-electron chi connectivity index (χ3n) is 2.94. The van der Waals surface area contributed by atoms with Gasteiger partial charge >= 0.3 is 0 Å². The molecule has 2 N–H and O–H groups in total. The summed E-state index contributed by atoms with van der Waals surface area (Å²) in [4.78, 5) is 2.50. The molecule has 0 saturated carbocycles. The first-order valence-electron chi connectivity index (χ1n) is 5.90. The van der Waals surface area contributed by atoms with Crippen molar-refractivity contribution in [3.8, 4) is 0 Å². The molecule has 0 aliphatic carbocycles. The van der Waals surface area contributed by atoms with Gasteiger partial charge in [-0.25, -0.2) is 0 Å². The van der Waals surface area contributed by atoms with Crippen molar-refractivity contribution in [3.63, 3.8) is 0 Å². The monoisotopic (exact) mass is 200 g/mol. The third kappa shape index (κ3) is 3.95. The maximum Gasteiger partial charge on any atom is 0.0593 e. The molecule has 1 fully saturated rings. The topological polar surface area (TPSA) is 38.5 Å². The minimum Gasteiger partial charge on any atom is -0.380 e. The van der Waals surface area contributed by atoms with Crippen LogP contribution in [0.2, 0.25) is 0 Å². The number of hydrogen-bond donors (Lipinski definition) is 1. The molecule has 84 valence electrons. The molecule has 1 rings (SSSR count). The number of ether oxygens (including phenoxy) is 1. The lowest BCUT2D eigenvalue weighted by Gasteiger charge is -2.29. The second-order valence-corrected chi connectivity index (χ2v) is 4.03. The average molecular weight is 200 g/mol. The van der Waals surface area contributed by atoms with Crippen LogP contribution in [0.1, 0.15) is 32.6 Å². The minimum absolute atomic E-state index is 0.580. The lowest BCUT2D eigenvalue weighted by Crippen LogP contribution is -2.42. The molecule has 1 saturated heterocycles. The highest BCUT2D eigenvalue weighted by atomic mass is 16.5. The van der Waals surface area contributed by atoms with Crippen molar-refractivity contribution in [2.24, 2.45) is 5.73 Å². The van der Waals surface area contributed by atoms with Crippen LogP contribution in [0.5, 0.6) is 0 Å². The van der Waals surface area contributed by atoms with E-state index in [1.165, 1.54) is 19.3 Å². The lowest BCUT2D eigenvalue weighted by atomic mass is 10.1. The summed E-state index contributed by atoms with van der Waals surface area (Å²) >= 11 is 0. The molecule has 1 aliphatic rings. The van der Waals surface area contributed by atoms with Gasteiger partial charge in [-0.15, -0.1) is 0 Å². The molecule has 0 aromatic carbocycles. The molecular formula is C11H24N2O. The summed E-state index contributed by atoms with van der Waals surface area (Å²) in [6, 6.07) is 0.580. The van der Waals surface area contributed by atoms with E-state index in [0.717, 1.165) is 39.3 Å². The van der Waals surface area contributed by atoms with Crippen molar-refractivity contribution in [2.45, 2.75) is 38.6 Å². The fourth-order valence-electron chi connectivity index (χ4n) is 2.02. The van der Waals surface area contributed by atoms with E-state index in [-0.39, 0.29) is 0 Å². The van der Waals surface area contributed by atoms with Crippen LogP contribution in [0.3, 0.4) is 0 Å². The van der Waals surface area contributed by atoms with Gasteiger partial charge in [0.25, 0.3) is 0 Å². The van der Waals surface area contributed by atoms with Crippen LogP contribution in [-0.4, -0.2) is 43.8 Å². The molecule has 1 unspecified atom stereocenters. The fourth-order valence-corrected chi connectivity index (χ4v) is 2.02. The molecule has 0 spiro atoms. The molecule has 3 heteroatoms. The second kappa shape index (κ2) is 7.21.